The first kappa shape index (κ1) is 25.7. The smallest absolute Gasteiger partial charge is 0.0635 e. The number of hydrogen-bond acceptors (Lipinski definition) is 1. The number of benzene rings is 7. The fraction of sp³-hybridized carbons (Fsp3) is 0.0488. The molecule has 0 atom stereocenters. The Kier molecular flexibility index (Phi) is 6.29. The Morgan fingerprint density at radius 1 is 0.500 bits per heavy atom. The number of aryl methyl sites for hydroxylation is 1. The van der Waals surface area contributed by atoms with Crippen molar-refractivity contribution in [3.8, 4) is 33.4 Å². The van der Waals surface area contributed by atoms with Crippen LogP contribution in [0.2, 0.25) is 0 Å². The summed E-state index contributed by atoms with van der Waals surface area (Å²) in [6, 6.07) is 48.0. The molecule has 0 aliphatic carbocycles. The van der Waals surface area contributed by atoms with Gasteiger partial charge in [0.05, 0.1) is 5.71 Å². The van der Waals surface area contributed by atoms with Gasteiger partial charge >= 0.3 is 0 Å². The molecule has 0 spiro atoms. The zero-order chi connectivity index (χ0) is 28.8. The molecule has 200 valence electrons. The lowest BCUT2D eigenvalue weighted by atomic mass is 9.83. The van der Waals surface area contributed by atoms with Gasteiger partial charge in [0, 0.05) is 5.56 Å². The monoisotopic (exact) mass is 537 g/mol. The van der Waals surface area contributed by atoms with E-state index in [1.54, 1.807) is 0 Å². The maximum Gasteiger partial charge on any atom is 0.0635 e. The standard InChI is InChI=1S/C41H31N/c1-26(2)41(42)30-12-10-11-29(25-30)39-34-15-6-8-17-36(34)40(37-18-9-7-16-35(37)39)38-24-23-31(28-21-19-27(3)20-22-28)32-13-4-5-14-33(32)38/h4-25,42H,1H2,2-3H3. The first-order valence-corrected chi connectivity index (χ1v) is 14.4. The summed E-state index contributed by atoms with van der Waals surface area (Å²) in [6.45, 7) is 8.03. The molecule has 7 aromatic carbocycles. The Morgan fingerprint density at radius 3 is 1.57 bits per heavy atom. The molecule has 1 nitrogen and oxygen atoms in total. The lowest BCUT2D eigenvalue weighted by molar-refractivity contribution is 1.44. The molecule has 0 saturated carbocycles. The Labute approximate surface area is 246 Å². The van der Waals surface area contributed by atoms with Crippen LogP contribution in [0.5, 0.6) is 0 Å². The van der Waals surface area contributed by atoms with Crippen molar-refractivity contribution in [2.45, 2.75) is 13.8 Å². The number of rotatable bonds is 5. The van der Waals surface area contributed by atoms with Crippen LogP contribution in [0.15, 0.2) is 146 Å². The van der Waals surface area contributed by atoms with Crippen LogP contribution in [0.1, 0.15) is 18.1 Å². The molecule has 0 heterocycles. The van der Waals surface area contributed by atoms with Crippen molar-refractivity contribution in [1.82, 2.24) is 0 Å². The second-order valence-corrected chi connectivity index (χ2v) is 11.1. The van der Waals surface area contributed by atoms with Gasteiger partial charge in [-0.3, -0.25) is 0 Å². The van der Waals surface area contributed by atoms with Crippen LogP contribution in [0.25, 0.3) is 65.7 Å². The molecule has 0 fully saturated rings. The first-order valence-electron chi connectivity index (χ1n) is 14.4. The summed E-state index contributed by atoms with van der Waals surface area (Å²) in [4.78, 5) is 0. The summed E-state index contributed by atoms with van der Waals surface area (Å²) < 4.78 is 0. The summed E-state index contributed by atoms with van der Waals surface area (Å²) >= 11 is 0. The van der Waals surface area contributed by atoms with E-state index in [0.29, 0.717) is 5.71 Å². The second kappa shape index (κ2) is 10.3. The van der Waals surface area contributed by atoms with E-state index in [2.05, 4.69) is 141 Å². The van der Waals surface area contributed by atoms with Crippen LogP contribution < -0.4 is 0 Å². The van der Waals surface area contributed by atoms with Crippen molar-refractivity contribution >= 4 is 38.0 Å². The van der Waals surface area contributed by atoms with Gasteiger partial charge in [-0.1, -0.05) is 140 Å². The molecule has 0 radical (unpaired) electrons. The van der Waals surface area contributed by atoms with Gasteiger partial charge < -0.3 is 5.41 Å². The highest BCUT2D eigenvalue weighted by Crippen LogP contribution is 2.46. The minimum absolute atomic E-state index is 0.474. The minimum atomic E-state index is 0.474. The van der Waals surface area contributed by atoms with Crippen molar-refractivity contribution in [3.05, 3.63) is 157 Å². The molecule has 0 aliphatic heterocycles. The molecule has 0 bridgehead atoms. The van der Waals surface area contributed by atoms with Crippen LogP contribution in [-0.2, 0) is 0 Å². The predicted molar refractivity (Wildman–Crippen MR) is 182 cm³/mol. The second-order valence-electron chi connectivity index (χ2n) is 11.1. The average Bonchev–Trinajstić information content (AvgIpc) is 3.03. The van der Waals surface area contributed by atoms with Crippen LogP contribution in [-0.4, -0.2) is 5.71 Å². The summed E-state index contributed by atoms with van der Waals surface area (Å²) in [5.74, 6) is 0. The molecular weight excluding hydrogens is 506 g/mol. The van der Waals surface area contributed by atoms with Gasteiger partial charge in [-0.15, -0.1) is 0 Å². The Balaban J connectivity index is 1.55. The molecule has 1 heteroatoms. The van der Waals surface area contributed by atoms with Crippen molar-refractivity contribution in [1.29, 1.82) is 5.41 Å². The lowest BCUT2D eigenvalue weighted by Gasteiger charge is -2.20. The Hall–Kier alpha value is -5.27. The number of hydrogen-bond donors (Lipinski definition) is 1. The average molecular weight is 538 g/mol. The van der Waals surface area contributed by atoms with Gasteiger partial charge in [0.1, 0.15) is 0 Å². The van der Waals surface area contributed by atoms with Gasteiger partial charge in [-0.05, 0) is 91.2 Å². The zero-order valence-electron chi connectivity index (χ0n) is 23.9. The van der Waals surface area contributed by atoms with Crippen LogP contribution in [0.3, 0.4) is 0 Å². The van der Waals surface area contributed by atoms with E-state index in [4.69, 9.17) is 5.41 Å². The van der Waals surface area contributed by atoms with E-state index in [-0.39, 0.29) is 0 Å². The molecule has 42 heavy (non-hydrogen) atoms. The van der Waals surface area contributed by atoms with Crippen LogP contribution >= 0.6 is 0 Å². The summed E-state index contributed by atoms with van der Waals surface area (Å²) in [7, 11) is 0. The summed E-state index contributed by atoms with van der Waals surface area (Å²) in [6.07, 6.45) is 0. The van der Waals surface area contributed by atoms with Crippen LogP contribution in [0, 0.1) is 12.3 Å². The van der Waals surface area contributed by atoms with E-state index in [0.717, 1.165) is 16.7 Å². The third-order valence-electron chi connectivity index (χ3n) is 8.35. The van der Waals surface area contributed by atoms with E-state index >= 15 is 0 Å². The molecule has 1 N–H and O–H groups in total. The molecule has 0 saturated heterocycles. The molecule has 0 aliphatic rings. The molecule has 0 amide bonds. The highest BCUT2D eigenvalue weighted by Gasteiger charge is 2.19. The lowest BCUT2D eigenvalue weighted by Crippen LogP contribution is -2.00. The SMILES string of the molecule is C=C(C)C(=N)c1cccc(-c2c3ccccc3c(-c3ccc(-c4ccc(C)cc4)c4ccccc34)c3ccccc23)c1. The quantitative estimate of drug-likeness (QED) is 0.167. The minimum Gasteiger partial charge on any atom is -0.300 e. The van der Waals surface area contributed by atoms with Crippen molar-refractivity contribution in [2.24, 2.45) is 0 Å². The largest absolute Gasteiger partial charge is 0.300 e. The zero-order valence-corrected chi connectivity index (χ0v) is 23.9. The first-order chi connectivity index (χ1) is 20.5. The summed E-state index contributed by atoms with van der Waals surface area (Å²) in [5.41, 5.74) is 10.7. The maximum absolute atomic E-state index is 8.58. The van der Waals surface area contributed by atoms with Crippen molar-refractivity contribution in [2.75, 3.05) is 0 Å². The van der Waals surface area contributed by atoms with Crippen molar-refractivity contribution < 1.29 is 0 Å². The van der Waals surface area contributed by atoms with Gasteiger partial charge in [-0.25, -0.2) is 0 Å². The molecule has 7 aromatic rings. The predicted octanol–water partition coefficient (Wildman–Crippen LogP) is 11.4. The maximum atomic E-state index is 8.58. The highest BCUT2D eigenvalue weighted by atomic mass is 14.4. The van der Waals surface area contributed by atoms with E-state index in [1.807, 2.05) is 13.0 Å². The summed E-state index contributed by atoms with van der Waals surface area (Å²) in [5, 5.41) is 15.9. The number of allylic oxidation sites excluding steroid dienone is 1. The van der Waals surface area contributed by atoms with Gasteiger partial charge in [-0.2, -0.15) is 0 Å². The normalized spacial score (nSPS) is 11.3. The number of nitrogens with one attached hydrogen (secondary N) is 1. The molecular formula is C41H31N. The van der Waals surface area contributed by atoms with Crippen molar-refractivity contribution in [3.63, 3.8) is 0 Å². The van der Waals surface area contributed by atoms with E-state index < -0.39 is 0 Å². The topological polar surface area (TPSA) is 23.9 Å². The fourth-order valence-corrected chi connectivity index (χ4v) is 6.31. The third kappa shape index (κ3) is 4.22. The fourth-order valence-electron chi connectivity index (χ4n) is 6.31. The molecule has 7 rings (SSSR count). The Bertz CT molecular complexity index is 2120. The molecule has 0 unspecified atom stereocenters. The van der Waals surface area contributed by atoms with Crippen LogP contribution in [0.4, 0.5) is 0 Å². The number of fused-ring (bicyclic) bond motifs is 3. The van der Waals surface area contributed by atoms with E-state index in [1.165, 1.54) is 65.7 Å². The van der Waals surface area contributed by atoms with Gasteiger partial charge in [0.2, 0.25) is 0 Å². The Morgan fingerprint density at radius 2 is 1.00 bits per heavy atom. The van der Waals surface area contributed by atoms with Gasteiger partial charge in [0.25, 0.3) is 0 Å². The van der Waals surface area contributed by atoms with E-state index in [9.17, 15) is 0 Å². The van der Waals surface area contributed by atoms with Gasteiger partial charge in [0.15, 0.2) is 0 Å². The highest BCUT2D eigenvalue weighted by molar-refractivity contribution is 6.24. The molecule has 0 aromatic heterocycles. The third-order valence-corrected chi connectivity index (χ3v) is 8.35.